The quantitative estimate of drug-likeness (QED) is 0.287. The molecule has 3 heterocycles. The Morgan fingerprint density at radius 3 is 2.45 bits per heavy atom. The van der Waals surface area contributed by atoms with E-state index in [1.54, 1.807) is 36.4 Å². The Bertz CT molecular complexity index is 1360. The van der Waals surface area contributed by atoms with Gasteiger partial charge in [0.25, 0.3) is 5.91 Å². The number of carbonyl (C=O) groups excluding carboxylic acids is 1. The molecule has 0 spiro atoms. The topological polar surface area (TPSA) is 103 Å². The first-order valence-electron chi connectivity index (χ1n) is 9.31. The van der Waals surface area contributed by atoms with Crippen LogP contribution in [0, 0.1) is 6.92 Å². The zero-order chi connectivity index (χ0) is 23.7. The number of halogens is 4. The number of benzene rings is 1. The van der Waals surface area contributed by atoms with E-state index in [1.807, 2.05) is 0 Å². The predicted octanol–water partition coefficient (Wildman–Crippen LogP) is 5.90. The first kappa shape index (κ1) is 23.4. The van der Waals surface area contributed by atoms with E-state index in [4.69, 9.17) is 59.8 Å². The number of aromatic nitrogens is 2. The fourth-order valence-corrected chi connectivity index (χ4v) is 3.88. The molecule has 4 aromatic rings. The summed E-state index contributed by atoms with van der Waals surface area (Å²) < 4.78 is 15.3. The Kier molecular flexibility index (Phi) is 6.81. The van der Waals surface area contributed by atoms with Crippen molar-refractivity contribution < 1.29 is 18.2 Å². The molecule has 0 N–H and O–H groups in total. The molecule has 0 fully saturated rings. The predicted molar refractivity (Wildman–Crippen MR) is 124 cm³/mol. The van der Waals surface area contributed by atoms with Crippen LogP contribution in [0.4, 0.5) is 5.69 Å². The number of carbonyl (C=O) groups is 1. The smallest absolute Gasteiger partial charge is 0.396 e. The van der Waals surface area contributed by atoms with E-state index in [-0.39, 0.29) is 18.1 Å². The fraction of sp³-hybridized carbons (Fsp3) is 0.143. The number of hydrogen-bond donors (Lipinski definition) is 0. The summed E-state index contributed by atoms with van der Waals surface area (Å²) in [4.78, 5) is 28.3. The van der Waals surface area contributed by atoms with Crippen molar-refractivity contribution >= 4 is 58.0 Å². The van der Waals surface area contributed by atoms with Crippen LogP contribution in [0.2, 0.25) is 10.0 Å². The van der Waals surface area contributed by atoms with Gasteiger partial charge in [0, 0.05) is 23.5 Å². The molecule has 170 valence electrons. The summed E-state index contributed by atoms with van der Waals surface area (Å²) >= 11 is 24.2. The van der Waals surface area contributed by atoms with Crippen LogP contribution < -0.4 is 10.7 Å². The third-order valence-electron chi connectivity index (χ3n) is 4.63. The Morgan fingerprint density at radius 2 is 1.82 bits per heavy atom. The van der Waals surface area contributed by atoms with Crippen molar-refractivity contribution in [1.82, 2.24) is 10.1 Å². The highest BCUT2D eigenvalue weighted by Gasteiger charge is 2.26. The summed E-state index contributed by atoms with van der Waals surface area (Å²) in [6, 6.07) is 9.84. The van der Waals surface area contributed by atoms with Crippen molar-refractivity contribution in [2.24, 2.45) is 0 Å². The molecule has 0 aliphatic rings. The number of nitrogens with zero attached hydrogens (tertiary/aromatic N) is 3. The summed E-state index contributed by atoms with van der Waals surface area (Å²) in [6.07, 6.45) is 1.46. The normalized spacial score (nSPS) is 11.2. The van der Waals surface area contributed by atoms with Gasteiger partial charge in [0.15, 0.2) is 16.4 Å². The molecule has 0 aliphatic carbocycles. The van der Waals surface area contributed by atoms with Crippen LogP contribution in [0.25, 0.3) is 22.7 Å². The first-order valence-corrected chi connectivity index (χ1v) is 10.9. The van der Waals surface area contributed by atoms with Crippen molar-refractivity contribution in [2.45, 2.75) is 18.3 Å². The average Bonchev–Trinajstić information content (AvgIpc) is 3.37. The van der Waals surface area contributed by atoms with E-state index in [2.05, 4.69) is 10.1 Å². The number of hydrogen-bond acceptors (Lipinski definition) is 7. The number of pyridine rings is 1. The van der Waals surface area contributed by atoms with Crippen molar-refractivity contribution in [3.8, 4) is 22.7 Å². The maximum atomic E-state index is 12.7. The van der Waals surface area contributed by atoms with Gasteiger partial charge in [-0.1, -0.05) is 57.6 Å². The minimum atomic E-state index is -1.36. The average molecular weight is 529 g/mol. The lowest BCUT2D eigenvalue weighted by Gasteiger charge is -2.22. The minimum Gasteiger partial charge on any atom is -0.396 e. The molecule has 0 atom stereocenters. The number of alkyl halides is 2. The molecule has 4 rings (SSSR count). The van der Waals surface area contributed by atoms with E-state index in [1.165, 1.54) is 18.0 Å². The van der Waals surface area contributed by atoms with Crippen LogP contribution in [0.15, 0.2) is 60.7 Å². The van der Waals surface area contributed by atoms with E-state index < -0.39 is 16.6 Å². The molecule has 0 saturated carbocycles. The number of rotatable bonds is 6. The van der Waals surface area contributed by atoms with Gasteiger partial charge in [0.1, 0.15) is 17.1 Å². The van der Waals surface area contributed by atoms with Crippen LogP contribution >= 0.6 is 46.4 Å². The van der Waals surface area contributed by atoms with Crippen molar-refractivity contribution in [1.29, 1.82) is 0 Å². The van der Waals surface area contributed by atoms with E-state index in [0.717, 1.165) is 0 Å². The summed E-state index contributed by atoms with van der Waals surface area (Å²) in [5.41, 5.74) is 1.66. The van der Waals surface area contributed by atoms with Gasteiger partial charge in [0.05, 0.1) is 16.6 Å². The maximum absolute atomic E-state index is 12.7. The molecule has 0 radical (unpaired) electrons. The lowest BCUT2D eigenvalue weighted by molar-refractivity contribution is -0.117. The number of anilines is 1. The van der Waals surface area contributed by atoms with Gasteiger partial charge >= 0.3 is 5.82 Å². The maximum Gasteiger partial charge on any atom is 0.519 e. The molecule has 0 saturated heterocycles. The van der Waals surface area contributed by atoms with Gasteiger partial charge in [-0.2, -0.15) is 0 Å². The molecular formula is C21H13Cl4N3O5. The van der Waals surface area contributed by atoms with Crippen LogP contribution in [0.3, 0.4) is 0 Å². The van der Waals surface area contributed by atoms with Crippen molar-refractivity contribution in [3.63, 3.8) is 0 Å². The van der Waals surface area contributed by atoms with Gasteiger partial charge in [-0.05, 0) is 31.2 Å². The molecule has 1 aromatic carbocycles. The Balaban J connectivity index is 1.71. The Hall–Kier alpha value is -2.78. The zero-order valence-electron chi connectivity index (χ0n) is 16.7. The van der Waals surface area contributed by atoms with Gasteiger partial charge in [0.2, 0.25) is 0 Å². The molecular weight excluding hydrogens is 516 g/mol. The van der Waals surface area contributed by atoms with Gasteiger partial charge < -0.3 is 18.3 Å². The largest absolute Gasteiger partial charge is 0.519 e. The molecule has 0 bridgehead atoms. The Labute approximate surface area is 206 Å². The van der Waals surface area contributed by atoms with E-state index >= 15 is 0 Å². The highest BCUT2D eigenvalue weighted by molar-refractivity contribution is 6.54. The van der Waals surface area contributed by atoms with Crippen LogP contribution in [0.1, 0.15) is 11.5 Å². The fourth-order valence-electron chi connectivity index (χ4n) is 3.05. The number of aryl methyl sites for hydroxylation is 1. The molecule has 12 heteroatoms. The SMILES string of the molecule is Cc1oc(=O)oc1CN(C(=O)C(Cl)Cl)c1ccnc(-c2cc(-c3c(Cl)cccc3Cl)no2)c1. The van der Waals surface area contributed by atoms with Crippen LogP contribution in [-0.4, -0.2) is 20.9 Å². The molecule has 0 unspecified atom stereocenters. The van der Waals surface area contributed by atoms with E-state index in [0.29, 0.717) is 38.4 Å². The second-order valence-electron chi connectivity index (χ2n) is 6.73. The van der Waals surface area contributed by atoms with Gasteiger partial charge in [-0.25, -0.2) is 4.79 Å². The molecule has 1 amide bonds. The van der Waals surface area contributed by atoms with Gasteiger partial charge in [-0.3, -0.25) is 9.78 Å². The third kappa shape index (κ3) is 4.94. The monoisotopic (exact) mass is 527 g/mol. The summed E-state index contributed by atoms with van der Waals surface area (Å²) in [5, 5.41) is 4.86. The standard InChI is InChI=1S/C21H13Cl4N3O5/c1-10-17(32-21(30)31-10)9-28(20(29)19(24)25)11-5-6-26-14(7-11)16-8-15(27-33-16)18-12(22)3-2-4-13(18)23/h2-8,19H,9H2,1H3. The lowest BCUT2D eigenvalue weighted by Crippen LogP contribution is -2.34. The molecule has 3 aromatic heterocycles. The zero-order valence-corrected chi connectivity index (χ0v) is 19.7. The second kappa shape index (κ2) is 9.61. The van der Waals surface area contributed by atoms with Crippen molar-refractivity contribution in [3.05, 3.63) is 74.8 Å². The van der Waals surface area contributed by atoms with Crippen LogP contribution in [0.5, 0.6) is 0 Å². The highest BCUT2D eigenvalue weighted by atomic mass is 35.5. The third-order valence-corrected chi connectivity index (χ3v) is 5.63. The first-order chi connectivity index (χ1) is 15.7. The Morgan fingerprint density at radius 1 is 1.09 bits per heavy atom. The lowest BCUT2D eigenvalue weighted by atomic mass is 10.1. The highest BCUT2D eigenvalue weighted by Crippen LogP contribution is 2.36. The summed E-state index contributed by atoms with van der Waals surface area (Å²) in [5.74, 6) is -0.847. The van der Waals surface area contributed by atoms with Crippen molar-refractivity contribution in [2.75, 3.05) is 4.90 Å². The van der Waals surface area contributed by atoms with E-state index in [9.17, 15) is 9.59 Å². The second-order valence-corrected chi connectivity index (χ2v) is 8.64. The molecule has 0 aliphatic heterocycles. The number of amides is 1. The minimum absolute atomic E-state index is 0.146. The van der Waals surface area contributed by atoms with Crippen LogP contribution in [-0.2, 0) is 11.3 Å². The van der Waals surface area contributed by atoms with Gasteiger partial charge in [-0.15, -0.1) is 0 Å². The summed E-state index contributed by atoms with van der Waals surface area (Å²) in [7, 11) is 0. The molecule has 33 heavy (non-hydrogen) atoms. The summed E-state index contributed by atoms with van der Waals surface area (Å²) in [6.45, 7) is 1.39. The molecule has 8 nitrogen and oxygen atoms in total.